The van der Waals surface area contributed by atoms with Crippen molar-refractivity contribution in [1.29, 1.82) is 0 Å². The highest BCUT2D eigenvalue weighted by atomic mass is 35.5. The number of fused-ring (bicyclic) bond motifs is 1. The van der Waals surface area contributed by atoms with Crippen LogP contribution in [0.2, 0.25) is 0 Å². The first-order chi connectivity index (χ1) is 10.2. The maximum absolute atomic E-state index is 9.11. The molecule has 1 spiro atoms. The van der Waals surface area contributed by atoms with Crippen molar-refractivity contribution in [2.24, 2.45) is 10.6 Å². The molecule has 1 saturated carbocycles. The Morgan fingerprint density at radius 1 is 1.41 bits per heavy atom. The predicted octanol–water partition coefficient (Wildman–Crippen LogP) is 4.33. The van der Waals surface area contributed by atoms with Crippen molar-refractivity contribution in [1.82, 2.24) is 4.90 Å². The zero-order chi connectivity index (χ0) is 14.4. The van der Waals surface area contributed by atoms with Gasteiger partial charge in [0.05, 0.1) is 16.8 Å². The zero-order valence-corrected chi connectivity index (χ0v) is 13.7. The van der Waals surface area contributed by atoms with Crippen LogP contribution in [-0.2, 0) is 4.74 Å². The average Bonchev–Trinajstić information content (AvgIpc) is 2.91. The smallest absolute Gasteiger partial charge is 0.141 e. The van der Waals surface area contributed by atoms with Gasteiger partial charge in [-0.05, 0) is 44.6 Å². The maximum atomic E-state index is 9.11. The summed E-state index contributed by atoms with van der Waals surface area (Å²) in [6, 6.07) is 0. The molecule has 1 saturated heterocycles. The minimum atomic E-state index is -0.0788. The van der Waals surface area contributed by atoms with Crippen LogP contribution in [0.5, 0.6) is 0 Å². The number of hydrogen-bond donors (Lipinski definition) is 1. The van der Waals surface area contributed by atoms with Crippen LogP contribution >= 0.6 is 12.4 Å². The molecule has 3 heterocycles. The Morgan fingerprint density at radius 3 is 3.09 bits per heavy atom. The van der Waals surface area contributed by atoms with E-state index in [4.69, 9.17) is 9.94 Å². The van der Waals surface area contributed by atoms with Gasteiger partial charge in [-0.1, -0.05) is 17.7 Å². The summed E-state index contributed by atoms with van der Waals surface area (Å²) in [5, 5.41) is 12.5. The summed E-state index contributed by atoms with van der Waals surface area (Å²) >= 11 is 0. The third kappa shape index (κ3) is 2.08. The van der Waals surface area contributed by atoms with Crippen molar-refractivity contribution in [3.8, 4) is 0 Å². The summed E-state index contributed by atoms with van der Waals surface area (Å²) in [7, 11) is 0. The quantitative estimate of drug-likeness (QED) is 0.444. The second-order valence-electron chi connectivity index (χ2n) is 6.60. The van der Waals surface area contributed by atoms with Crippen LogP contribution in [0.1, 0.15) is 51.9 Å². The standard InChI is InChI=1S/C17H22N2O2.ClH/c1-12(18-20)15-10-17-8-4-2-6-13(17)11-19-9-5-3-7-14(19)16(17)21-15;/h5,9,11,15,20H,2-4,6-8,10H2,1H3;1H. The highest BCUT2D eigenvalue weighted by molar-refractivity contribution is 5.86. The molecular weight excluding hydrogens is 300 g/mol. The Morgan fingerprint density at radius 2 is 2.27 bits per heavy atom. The highest BCUT2D eigenvalue weighted by Crippen LogP contribution is 2.58. The van der Waals surface area contributed by atoms with E-state index in [1.54, 1.807) is 0 Å². The first-order valence-corrected chi connectivity index (χ1v) is 7.99. The SMILES string of the molecule is CC(=NO)C1CC23CCCCC2=CN2C=CCCC2=C3O1.Cl. The van der Waals surface area contributed by atoms with Crippen molar-refractivity contribution in [3.05, 3.63) is 35.5 Å². The second kappa shape index (κ2) is 5.65. The number of rotatable bonds is 1. The van der Waals surface area contributed by atoms with Crippen LogP contribution in [0.3, 0.4) is 0 Å². The van der Waals surface area contributed by atoms with Gasteiger partial charge in [0.2, 0.25) is 0 Å². The van der Waals surface area contributed by atoms with E-state index in [0.717, 1.165) is 31.4 Å². The normalized spacial score (nSPS) is 33.3. The van der Waals surface area contributed by atoms with Gasteiger partial charge in [-0.25, -0.2) is 0 Å². The molecule has 5 heteroatoms. The van der Waals surface area contributed by atoms with E-state index >= 15 is 0 Å². The largest absolute Gasteiger partial charge is 0.486 e. The Bertz CT molecular complexity index is 593. The summed E-state index contributed by atoms with van der Waals surface area (Å²) in [4.78, 5) is 2.26. The zero-order valence-electron chi connectivity index (χ0n) is 12.9. The Balaban J connectivity index is 0.00000144. The summed E-state index contributed by atoms with van der Waals surface area (Å²) < 4.78 is 6.32. The van der Waals surface area contributed by atoms with Gasteiger partial charge in [-0.3, -0.25) is 0 Å². The van der Waals surface area contributed by atoms with Crippen LogP contribution in [0.4, 0.5) is 0 Å². The number of halogens is 1. The van der Waals surface area contributed by atoms with E-state index in [9.17, 15) is 0 Å². The predicted molar refractivity (Wildman–Crippen MR) is 87.9 cm³/mol. The van der Waals surface area contributed by atoms with Gasteiger partial charge in [0.1, 0.15) is 11.9 Å². The molecule has 2 atom stereocenters. The molecule has 3 aliphatic heterocycles. The molecule has 0 radical (unpaired) electrons. The first kappa shape index (κ1) is 15.5. The van der Waals surface area contributed by atoms with E-state index in [1.807, 2.05) is 6.92 Å². The van der Waals surface area contributed by atoms with Crippen molar-refractivity contribution in [2.75, 3.05) is 0 Å². The number of nitrogens with zero attached hydrogens (tertiary/aromatic N) is 2. The fourth-order valence-corrected chi connectivity index (χ4v) is 4.32. The van der Waals surface area contributed by atoms with Gasteiger partial charge in [0, 0.05) is 18.8 Å². The number of allylic oxidation sites excluding steroid dienone is 3. The third-order valence-electron chi connectivity index (χ3n) is 5.45. The molecule has 1 aliphatic carbocycles. The minimum Gasteiger partial charge on any atom is -0.486 e. The van der Waals surface area contributed by atoms with Crippen molar-refractivity contribution in [3.63, 3.8) is 0 Å². The maximum Gasteiger partial charge on any atom is 0.141 e. The number of hydrogen-bond acceptors (Lipinski definition) is 4. The fourth-order valence-electron chi connectivity index (χ4n) is 4.32. The molecular formula is C17H23ClN2O2. The second-order valence-corrected chi connectivity index (χ2v) is 6.60. The minimum absolute atomic E-state index is 0. The summed E-state index contributed by atoms with van der Waals surface area (Å²) in [5.41, 5.74) is 3.59. The summed E-state index contributed by atoms with van der Waals surface area (Å²) in [5.74, 6) is 1.16. The van der Waals surface area contributed by atoms with E-state index in [1.165, 1.54) is 30.5 Å². The van der Waals surface area contributed by atoms with E-state index < -0.39 is 0 Å². The van der Waals surface area contributed by atoms with Crippen molar-refractivity contribution >= 4 is 18.1 Å². The van der Waals surface area contributed by atoms with Gasteiger partial charge in [-0.15, -0.1) is 12.4 Å². The van der Waals surface area contributed by atoms with Gasteiger partial charge in [-0.2, -0.15) is 0 Å². The lowest BCUT2D eigenvalue weighted by molar-refractivity contribution is 0.183. The molecule has 0 aromatic carbocycles. The molecule has 0 amide bonds. The Hall–Kier alpha value is -1.42. The van der Waals surface area contributed by atoms with E-state index in [2.05, 4.69) is 28.5 Å². The van der Waals surface area contributed by atoms with Crippen LogP contribution in [0.15, 0.2) is 40.7 Å². The summed E-state index contributed by atoms with van der Waals surface area (Å²) in [6.07, 6.45) is 14.6. The Kier molecular flexibility index (Phi) is 3.98. The molecule has 22 heavy (non-hydrogen) atoms. The van der Waals surface area contributed by atoms with Gasteiger partial charge < -0.3 is 14.8 Å². The van der Waals surface area contributed by atoms with Gasteiger partial charge in [0.15, 0.2) is 0 Å². The highest BCUT2D eigenvalue weighted by Gasteiger charge is 2.53. The lowest BCUT2D eigenvalue weighted by Crippen LogP contribution is -2.34. The van der Waals surface area contributed by atoms with Crippen molar-refractivity contribution < 1.29 is 9.94 Å². The molecule has 2 unspecified atom stereocenters. The Labute approximate surface area is 137 Å². The summed E-state index contributed by atoms with van der Waals surface area (Å²) in [6.45, 7) is 1.86. The van der Waals surface area contributed by atoms with E-state index in [-0.39, 0.29) is 23.9 Å². The van der Waals surface area contributed by atoms with Crippen LogP contribution < -0.4 is 0 Å². The average molecular weight is 323 g/mol. The molecule has 0 aromatic heterocycles. The van der Waals surface area contributed by atoms with E-state index in [0.29, 0.717) is 5.71 Å². The lowest BCUT2D eigenvalue weighted by Gasteiger charge is -2.43. The molecule has 1 N–H and O–H groups in total. The number of oxime groups is 1. The molecule has 2 fully saturated rings. The first-order valence-electron chi connectivity index (χ1n) is 7.99. The van der Waals surface area contributed by atoms with Crippen molar-refractivity contribution in [2.45, 2.75) is 58.0 Å². The monoisotopic (exact) mass is 322 g/mol. The van der Waals surface area contributed by atoms with Gasteiger partial charge >= 0.3 is 0 Å². The molecule has 4 nitrogen and oxygen atoms in total. The molecule has 0 bridgehead atoms. The molecule has 0 aromatic rings. The third-order valence-corrected chi connectivity index (χ3v) is 5.45. The van der Waals surface area contributed by atoms with Crippen LogP contribution in [0, 0.1) is 5.41 Å². The van der Waals surface area contributed by atoms with Crippen LogP contribution in [-0.4, -0.2) is 21.9 Å². The number of ether oxygens (including phenoxy) is 1. The fraction of sp³-hybridized carbons (Fsp3) is 0.588. The topological polar surface area (TPSA) is 45.1 Å². The molecule has 4 rings (SSSR count). The molecule has 120 valence electrons. The van der Waals surface area contributed by atoms with Crippen LogP contribution in [0.25, 0.3) is 0 Å². The molecule has 4 aliphatic rings. The van der Waals surface area contributed by atoms with Gasteiger partial charge in [0.25, 0.3) is 0 Å². The lowest BCUT2D eigenvalue weighted by atomic mass is 9.65.